The van der Waals surface area contributed by atoms with Gasteiger partial charge >= 0.3 is 0 Å². The third-order valence-electron chi connectivity index (χ3n) is 2.81. The number of hydrogen-bond donors (Lipinski definition) is 2. The summed E-state index contributed by atoms with van der Waals surface area (Å²) in [6.45, 7) is 1.62. The summed E-state index contributed by atoms with van der Waals surface area (Å²) in [6, 6.07) is 2.05. The first kappa shape index (κ1) is 10.5. The van der Waals surface area contributed by atoms with Crippen LogP contribution in [-0.2, 0) is 4.74 Å². The highest BCUT2D eigenvalue weighted by molar-refractivity contribution is 5.12. The van der Waals surface area contributed by atoms with Crippen molar-refractivity contribution in [1.29, 1.82) is 0 Å². The molecule has 82 valence electrons. The Bertz CT molecular complexity index is 287. The molecule has 1 aliphatic rings. The standard InChI is InChI=1S/C10H16N4O/c11-14-10(8-3-4-12-13-6-8)9-2-1-5-15-7-9/h3-4,6,9-10,14H,1-2,5,7,11H2. The van der Waals surface area contributed by atoms with Crippen LogP contribution in [0.15, 0.2) is 18.5 Å². The van der Waals surface area contributed by atoms with Crippen molar-refractivity contribution in [1.82, 2.24) is 15.6 Å². The maximum absolute atomic E-state index is 5.58. The normalized spacial score (nSPS) is 23.7. The van der Waals surface area contributed by atoms with Gasteiger partial charge in [-0.1, -0.05) is 0 Å². The van der Waals surface area contributed by atoms with Crippen LogP contribution in [-0.4, -0.2) is 23.4 Å². The van der Waals surface area contributed by atoms with Gasteiger partial charge in [-0.25, -0.2) is 0 Å². The number of hydrazine groups is 1. The second-order valence-corrected chi connectivity index (χ2v) is 3.80. The fourth-order valence-corrected chi connectivity index (χ4v) is 2.02. The molecule has 0 bridgehead atoms. The lowest BCUT2D eigenvalue weighted by Crippen LogP contribution is -2.37. The van der Waals surface area contributed by atoms with Crippen LogP contribution >= 0.6 is 0 Å². The molecule has 0 amide bonds. The molecule has 1 fully saturated rings. The molecule has 0 aliphatic carbocycles. The Morgan fingerprint density at radius 2 is 2.47 bits per heavy atom. The van der Waals surface area contributed by atoms with Crippen molar-refractivity contribution in [2.75, 3.05) is 13.2 Å². The van der Waals surface area contributed by atoms with Gasteiger partial charge in [-0.2, -0.15) is 10.2 Å². The maximum atomic E-state index is 5.58. The van der Waals surface area contributed by atoms with Gasteiger partial charge in [-0.15, -0.1) is 0 Å². The van der Waals surface area contributed by atoms with Gasteiger partial charge in [0.15, 0.2) is 0 Å². The third kappa shape index (κ3) is 2.50. The number of ether oxygens (including phenoxy) is 1. The minimum absolute atomic E-state index is 0.112. The zero-order valence-corrected chi connectivity index (χ0v) is 8.60. The van der Waals surface area contributed by atoms with E-state index in [0.29, 0.717) is 5.92 Å². The molecule has 5 heteroatoms. The summed E-state index contributed by atoms with van der Waals surface area (Å²) in [5, 5.41) is 7.62. The molecule has 2 rings (SSSR count). The molecule has 1 saturated heterocycles. The predicted molar refractivity (Wildman–Crippen MR) is 55.6 cm³/mol. The number of hydrogen-bond acceptors (Lipinski definition) is 5. The van der Waals surface area contributed by atoms with Crippen LogP contribution in [0.1, 0.15) is 24.4 Å². The fraction of sp³-hybridized carbons (Fsp3) is 0.600. The lowest BCUT2D eigenvalue weighted by Gasteiger charge is -2.29. The van der Waals surface area contributed by atoms with Gasteiger partial charge < -0.3 is 4.74 Å². The molecule has 0 aromatic carbocycles. The first-order valence-corrected chi connectivity index (χ1v) is 5.22. The van der Waals surface area contributed by atoms with Crippen LogP contribution in [0.4, 0.5) is 0 Å². The Morgan fingerprint density at radius 1 is 1.53 bits per heavy atom. The summed E-state index contributed by atoms with van der Waals surface area (Å²) in [6.07, 6.45) is 5.67. The lowest BCUT2D eigenvalue weighted by molar-refractivity contribution is 0.0389. The number of rotatable bonds is 3. The summed E-state index contributed by atoms with van der Waals surface area (Å²) in [5.41, 5.74) is 3.91. The Morgan fingerprint density at radius 3 is 3.07 bits per heavy atom. The zero-order chi connectivity index (χ0) is 10.5. The van der Waals surface area contributed by atoms with Gasteiger partial charge in [0, 0.05) is 18.7 Å². The SMILES string of the molecule is NNC(c1ccnnc1)C1CCCOC1. The van der Waals surface area contributed by atoms with Crippen molar-refractivity contribution in [3.8, 4) is 0 Å². The Kier molecular flexibility index (Phi) is 3.60. The fourth-order valence-electron chi connectivity index (χ4n) is 2.02. The molecule has 1 aromatic heterocycles. The molecule has 15 heavy (non-hydrogen) atoms. The number of nitrogens with two attached hydrogens (primary N) is 1. The number of aromatic nitrogens is 2. The zero-order valence-electron chi connectivity index (χ0n) is 8.60. The molecule has 3 N–H and O–H groups in total. The van der Waals surface area contributed by atoms with Crippen LogP contribution in [0.2, 0.25) is 0 Å². The quantitative estimate of drug-likeness (QED) is 0.556. The smallest absolute Gasteiger partial charge is 0.0544 e. The van der Waals surface area contributed by atoms with Gasteiger partial charge in [0.2, 0.25) is 0 Å². The van der Waals surface area contributed by atoms with Crippen LogP contribution < -0.4 is 11.3 Å². The van der Waals surface area contributed by atoms with Gasteiger partial charge in [-0.3, -0.25) is 11.3 Å². The van der Waals surface area contributed by atoms with E-state index in [1.807, 2.05) is 6.07 Å². The van der Waals surface area contributed by atoms with E-state index in [-0.39, 0.29) is 6.04 Å². The van der Waals surface area contributed by atoms with Gasteiger partial charge in [-0.05, 0) is 24.5 Å². The third-order valence-corrected chi connectivity index (χ3v) is 2.81. The molecular formula is C10H16N4O. The number of nitrogens with zero attached hydrogens (tertiary/aromatic N) is 2. The summed E-state index contributed by atoms with van der Waals surface area (Å²) in [7, 11) is 0. The van der Waals surface area contributed by atoms with E-state index >= 15 is 0 Å². The average Bonchev–Trinajstić information content (AvgIpc) is 2.33. The van der Waals surface area contributed by atoms with Crippen LogP contribution in [0, 0.1) is 5.92 Å². The minimum atomic E-state index is 0.112. The molecule has 1 aliphatic heterocycles. The topological polar surface area (TPSA) is 73.1 Å². The Hall–Kier alpha value is -1.04. The van der Waals surface area contributed by atoms with Gasteiger partial charge in [0.05, 0.1) is 18.8 Å². The van der Waals surface area contributed by atoms with Crippen molar-refractivity contribution >= 4 is 0 Å². The summed E-state index contributed by atoms with van der Waals surface area (Å²) >= 11 is 0. The number of nitrogens with one attached hydrogen (secondary N) is 1. The van der Waals surface area contributed by atoms with Gasteiger partial charge in [0.25, 0.3) is 0 Å². The molecular weight excluding hydrogens is 192 g/mol. The Labute approximate surface area is 89.0 Å². The van der Waals surface area contributed by atoms with E-state index in [1.54, 1.807) is 12.4 Å². The summed E-state index contributed by atoms with van der Waals surface area (Å²) in [5.74, 6) is 6.01. The minimum Gasteiger partial charge on any atom is -0.381 e. The highest BCUT2D eigenvalue weighted by Gasteiger charge is 2.24. The summed E-state index contributed by atoms with van der Waals surface area (Å²) in [4.78, 5) is 0. The highest BCUT2D eigenvalue weighted by atomic mass is 16.5. The largest absolute Gasteiger partial charge is 0.381 e. The maximum Gasteiger partial charge on any atom is 0.0544 e. The monoisotopic (exact) mass is 208 g/mol. The predicted octanol–water partition coefficient (Wildman–Crippen LogP) is 0.408. The van der Waals surface area contributed by atoms with Crippen LogP contribution in [0.5, 0.6) is 0 Å². The highest BCUT2D eigenvalue weighted by Crippen LogP contribution is 2.27. The summed E-state index contributed by atoms with van der Waals surface area (Å²) < 4.78 is 5.45. The van der Waals surface area contributed by atoms with E-state index in [4.69, 9.17) is 10.6 Å². The molecule has 0 saturated carbocycles. The second-order valence-electron chi connectivity index (χ2n) is 3.80. The van der Waals surface area contributed by atoms with Crippen molar-refractivity contribution in [2.45, 2.75) is 18.9 Å². The molecule has 5 nitrogen and oxygen atoms in total. The molecule has 0 radical (unpaired) electrons. The van der Waals surface area contributed by atoms with E-state index in [2.05, 4.69) is 15.6 Å². The van der Waals surface area contributed by atoms with Gasteiger partial charge in [0.1, 0.15) is 0 Å². The molecule has 2 unspecified atom stereocenters. The first-order chi connectivity index (χ1) is 7.42. The molecule has 1 aromatic rings. The van der Waals surface area contributed by atoms with E-state index in [0.717, 1.165) is 31.6 Å². The average molecular weight is 208 g/mol. The van der Waals surface area contributed by atoms with Crippen molar-refractivity contribution in [2.24, 2.45) is 11.8 Å². The van der Waals surface area contributed by atoms with Crippen LogP contribution in [0.25, 0.3) is 0 Å². The Balaban J connectivity index is 2.09. The van der Waals surface area contributed by atoms with Crippen molar-refractivity contribution in [3.63, 3.8) is 0 Å². The van der Waals surface area contributed by atoms with E-state index in [1.165, 1.54) is 0 Å². The molecule has 2 atom stereocenters. The molecule has 0 spiro atoms. The second kappa shape index (κ2) is 5.16. The first-order valence-electron chi connectivity index (χ1n) is 5.22. The van der Waals surface area contributed by atoms with Crippen molar-refractivity contribution < 1.29 is 4.74 Å². The molecule has 2 heterocycles. The van der Waals surface area contributed by atoms with E-state index in [9.17, 15) is 0 Å². The lowest BCUT2D eigenvalue weighted by atomic mass is 9.90. The van der Waals surface area contributed by atoms with E-state index < -0.39 is 0 Å². The van der Waals surface area contributed by atoms with Crippen LogP contribution in [0.3, 0.4) is 0 Å². The van der Waals surface area contributed by atoms with Crippen molar-refractivity contribution in [3.05, 3.63) is 24.0 Å².